The minimum atomic E-state index is -0.464. The van der Waals surface area contributed by atoms with Gasteiger partial charge in [0.05, 0.1) is 12.0 Å². The minimum absolute atomic E-state index is 0.199. The van der Waals surface area contributed by atoms with Gasteiger partial charge in [0.2, 0.25) is 0 Å². The lowest BCUT2D eigenvalue weighted by Gasteiger charge is -2.27. The molecule has 1 aromatic heterocycles. The van der Waals surface area contributed by atoms with Crippen molar-refractivity contribution >= 4 is 10.8 Å². The van der Waals surface area contributed by atoms with Crippen molar-refractivity contribution in [1.82, 2.24) is 4.98 Å². The first-order chi connectivity index (χ1) is 15.4. The average Bonchev–Trinajstić information content (AvgIpc) is 2.79. The number of halogens is 1. The van der Waals surface area contributed by atoms with Crippen molar-refractivity contribution in [1.29, 1.82) is 0 Å². The third-order valence-electron chi connectivity index (χ3n) is 5.56. The van der Waals surface area contributed by atoms with Gasteiger partial charge < -0.3 is 14.5 Å². The lowest BCUT2D eigenvalue weighted by molar-refractivity contribution is 0.145. The summed E-state index contributed by atoms with van der Waals surface area (Å²) in [5, 5.41) is 1.30. The second kappa shape index (κ2) is 8.97. The summed E-state index contributed by atoms with van der Waals surface area (Å²) in [6.45, 7) is 4.85. The number of fused-ring (bicyclic) bond motifs is 1. The SMILES string of the molecule is COCC(C)(C)c1[nH]c(=O)c2cc(OCc3ccccc3)ccc2c1-c1ccc(F)cc1. The molecule has 0 spiro atoms. The van der Waals surface area contributed by atoms with Crippen molar-refractivity contribution in [3.63, 3.8) is 0 Å². The molecule has 0 unspecified atom stereocenters. The van der Waals surface area contributed by atoms with Crippen molar-refractivity contribution in [2.45, 2.75) is 25.9 Å². The molecule has 0 saturated carbocycles. The summed E-state index contributed by atoms with van der Waals surface area (Å²) in [5.41, 5.74) is 2.82. The number of aromatic amines is 1. The monoisotopic (exact) mass is 431 g/mol. The van der Waals surface area contributed by atoms with Gasteiger partial charge in [0.25, 0.3) is 5.56 Å². The molecule has 32 heavy (non-hydrogen) atoms. The summed E-state index contributed by atoms with van der Waals surface area (Å²) in [4.78, 5) is 16.2. The Morgan fingerprint density at radius 3 is 2.34 bits per heavy atom. The summed E-state index contributed by atoms with van der Waals surface area (Å²) in [7, 11) is 1.63. The van der Waals surface area contributed by atoms with Gasteiger partial charge >= 0.3 is 0 Å². The van der Waals surface area contributed by atoms with Gasteiger partial charge in [-0.2, -0.15) is 0 Å². The van der Waals surface area contributed by atoms with E-state index in [4.69, 9.17) is 9.47 Å². The fourth-order valence-electron chi connectivity index (χ4n) is 3.99. The largest absolute Gasteiger partial charge is 0.489 e. The Hall–Kier alpha value is -3.44. The van der Waals surface area contributed by atoms with Crippen LogP contribution in [0.5, 0.6) is 5.75 Å². The van der Waals surface area contributed by atoms with E-state index < -0.39 is 5.41 Å². The lowest BCUT2D eigenvalue weighted by Crippen LogP contribution is -2.29. The van der Waals surface area contributed by atoms with Gasteiger partial charge in [0, 0.05) is 23.8 Å². The zero-order valence-corrected chi connectivity index (χ0v) is 18.4. The molecule has 0 bridgehead atoms. The normalized spacial score (nSPS) is 11.6. The first kappa shape index (κ1) is 21.8. The van der Waals surface area contributed by atoms with Crippen LogP contribution in [0, 0.1) is 5.82 Å². The van der Waals surface area contributed by atoms with Crippen LogP contribution >= 0.6 is 0 Å². The molecule has 5 heteroatoms. The quantitative estimate of drug-likeness (QED) is 0.400. The van der Waals surface area contributed by atoms with E-state index in [2.05, 4.69) is 4.98 Å². The number of H-pyrrole nitrogens is 1. The summed E-state index contributed by atoms with van der Waals surface area (Å²) in [6, 6.07) is 21.7. The Balaban J connectivity index is 1.85. The molecular formula is C27H26FNO3. The smallest absolute Gasteiger partial charge is 0.256 e. The fourth-order valence-corrected chi connectivity index (χ4v) is 3.99. The molecule has 164 valence electrons. The Kier molecular flexibility index (Phi) is 6.10. The number of rotatable bonds is 7. The van der Waals surface area contributed by atoms with Crippen LogP contribution in [0.1, 0.15) is 25.1 Å². The molecule has 4 nitrogen and oxygen atoms in total. The van der Waals surface area contributed by atoms with Crippen molar-refractivity contribution in [3.8, 4) is 16.9 Å². The first-order valence-corrected chi connectivity index (χ1v) is 10.5. The van der Waals surface area contributed by atoms with Crippen LogP contribution < -0.4 is 10.3 Å². The summed E-state index contributed by atoms with van der Waals surface area (Å²) < 4.78 is 25.0. The molecule has 0 radical (unpaired) electrons. The van der Waals surface area contributed by atoms with Crippen LogP contribution in [0.3, 0.4) is 0 Å². The highest BCUT2D eigenvalue weighted by molar-refractivity contribution is 5.98. The lowest BCUT2D eigenvalue weighted by atomic mass is 9.83. The van der Waals surface area contributed by atoms with Crippen molar-refractivity contribution in [2.75, 3.05) is 13.7 Å². The van der Waals surface area contributed by atoms with Gasteiger partial charge in [-0.15, -0.1) is 0 Å². The molecule has 0 fully saturated rings. The zero-order valence-electron chi connectivity index (χ0n) is 18.4. The third-order valence-corrected chi connectivity index (χ3v) is 5.56. The average molecular weight is 432 g/mol. The summed E-state index contributed by atoms with van der Waals surface area (Å²) >= 11 is 0. The van der Waals surface area contributed by atoms with Crippen LogP contribution in [0.4, 0.5) is 4.39 Å². The fraction of sp³-hybridized carbons (Fsp3) is 0.222. The summed E-state index contributed by atoms with van der Waals surface area (Å²) in [5.74, 6) is 0.303. The second-order valence-corrected chi connectivity index (χ2v) is 8.51. The van der Waals surface area contributed by atoms with Crippen LogP contribution in [-0.4, -0.2) is 18.7 Å². The number of aromatic nitrogens is 1. The van der Waals surface area contributed by atoms with Gasteiger partial charge in [-0.3, -0.25) is 4.79 Å². The maximum absolute atomic E-state index is 13.6. The maximum atomic E-state index is 13.6. The highest BCUT2D eigenvalue weighted by atomic mass is 19.1. The number of hydrogen-bond acceptors (Lipinski definition) is 3. The molecular weight excluding hydrogens is 405 g/mol. The topological polar surface area (TPSA) is 51.3 Å². The highest BCUT2D eigenvalue weighted by Crippen LogP contribution is 2.37. The van der Waals surface area contributed by atoms with E-state index in [1.165, 1.54) is 12.1 Å². The highest BCUT2D eigenvalue weighted by Gasteiger charge is 2.27. The van der Waals surface area contributed by atoms with Crippen LogP contribution in [-0.2, 0) is 16.8 Å². The number of ether oxygens (including phenoxy) is 2. The van der Waals surface area contributed by atoms with Crippen LogP contribution in [0.25, 0.3) is 21.9 Å². The molecule has 0 atom stereocenters. The van der Waals surface area contributed by atoms with Gasteiger partial charge in [-0.25, -0.2) is 4.39 Å². The molecule has 3 aromatic carbocycles. The Morgan fingerprint density at radius 1 is 0.938 bits per heavy atom. The van der Waals surface area contributed by atoms with Gasteiger partial charge in [-0.05, 0) is 46.8 Å². The number of benzene rings is 3. The van der Waals surface area contributed by atoms with Crippen LogP contribution in [0.15, 0.2) is 77.6 Å². The zero-order chi connectivity index (χ0) is 22.7. The van der Waals surface area contributed by atoms with E-state index >= 15 is 0 Å². The van der Waals surface area contributed by atoms with E-state index in [1.54, 1.807) is 25.3 Å². The predicted octanol–water partition coefficient (Wildman–Crippen LogP) is 5.84. The van der Waals surface area contributed by atoms with E-state index in [-0.39, 0.29) is 11.4 Å². The Labute approximate surface area is 186 Å². The molecule has 4 rings (SSSR count). The standard InChI is InChI=1S/C27H26FNO3/c1-27(2,17-31-3)25-24(19-9-11-20(28)12-10-19)22-14-13-21(15-23(22)26(30)29-25)32-16-18-7-5-4-6-8-18/h4-15H,16-17H2,1-3H3,(H,29,30). The number of methoxy groups -OCH3 is 1. The maximum Gasteiger partial charge on any atom is 0.256 e. The molecule has 0 aliphatic heterocycles. The molecule has 0 aliphatic rings. The molecule has 1 heterocycles. The number of hydrogen-bond donors (Lipinski definition) is 1. The molecule has 0 saturated heterocycles. The second-order valence-electron chi connectivity index (χ2n) is 8.51. The Morgan fingerprint density at radius 2 is 1.66 bits per heavy atom. The van der Waals surface area contributed by atoms with E-state index in [9.17, 15) is 9.18 Å². The van der Waals surface area contributed by atoms with E-state index in [0.717, 1.165) is 27.8 Å². The van der Waals surface area contributed by atoms with E-state index in [0.29, 0.717) is 24.3 Å². The van der Waals surface area contributed by atoms with Crippen LogP contribution in [0.2, 0.25) is 0 Å². The molecule has 0 aliphatic carbocycles. The third kappa shape index (κ3) is 4.43. The summed E-state index contributed by atoms with van der Waals surface area (Å²) in [6.07, 6.45) is 0. The number of pyridine rings is 1. The molecule has 1 N–H and O–H groups in total. The minimum Gasteiger partial charge on any atom is -0.489 e. The molecule has 4 aromatic rings. The molecule has 0 amide bonds. The van der Waals surface area contributed by atoms with Gasteiger partial charge in [-0.1, -0.05) is 56.3 Å². The van der Waals surface area contributed by atoms with Crippen molar-refractivity contribution < 1.29 is 13.9 Å². The van der Waals surface area contributed by atoms with E-state index in [1.807, 2.05) is 56.3 Å². The van der Waals surface area contributed by atoms with Gasteiger partial charge in [0.15, 0.2) is 0 Å². The Bertz CT molecular complexity index is 1280. The number of nitrogens with one attached hydrogen (secondary N) is 1. The van der Waals surface area contributed by atoms with Gasteiger partial charge in [0.1, 0.15) is 18.2 Å². The van der Waals surface area contributed by atoms with Crippen molar-refractivity contribution in [2.24, 2.45) is 0 Å². The first-order valence-electron chi connectivity index (χ1n) is 10.5. The predicted molar refractivity (Wildman–Crippen MR) is 126 cm³/mol. The van der Waals surface area contributed by atoms with Crippen molar-refractivity contribution in [3.05, 3.63) is 100 Å².